The maximum Gasteiger partial charge on any atom is 0.171 e. The summed E-state index contributed by atoms with van der Waals surface area (Å²) in [5.74, 6) is 1.54. The van der Waals surface area contributed by atoms with E-state index >= 15 is 0 Å². The summed E-state index contributed by atoms with van der Waals surface area (Å²) in [7, 11) is 0. The number of benzene rings is 1. The normalized spacial score (nSPS) is 14.0. The van der Waals surface area contributed by atoms with E-state index in [2.05, 4.69) is 77.3 Å². The van der Waals surface area contributed by atoms with Crippen molar-refractivity contribution in [1.29, 1.82) is 0 Å². The van der Waals surface area contributed by atoms with E-state index in [1.807, 2.05) is 0 Å². The molecule has 1 aromatic carbocycles. The Morgan fingerprint density at radius 1 is 1.00 bits per heavy atom. The van der Waals surface area contributed by atoms with E-state index in [0.717, 1.165) is 11.5 Å². The first-order chi connectivity index (χ1) is 10.3. The fourth-order valence-corrected chi connectivity index (χ4v) is 2.84. The van der Waals surface area contributed by atoms with Gasteiger partial charge >= 0.3 is 0 Å². The molecule has 3 heteroatoms. The molecule has 0 saturated heterocycles. The second kappa shape index (κ2) is 8.52. The Labute approximate surface area is 142 Å². The molecule has 0 amide bonds. The van der Waals surface area contributed by atoms with Crippen LogP contribution < -0.4 is 10.6 Å². The Morgan fingerprint density at radius 2 is 1.50 bits per heavy atom. The van der Waals surface area contributed by atoms with Crippen molar-refractivity contribution in [2.45, 2.75) is 72.8 Å². The van der Waals surface area contributed by atoms with E-state index in [4.69, 9.17) is 12.2 Å². The summed E-state index contributed by atoms with van der Waals surface area (Å²) >= 11 is 5.55. The number of hydrogen-bond donors (Lipinski definition) is 2. The summed E-state index contributed by atoms with van der Waals surface area (Å²) in [6.07, 6.45) is 1.15. The molecule has 1 aromatic rings. The van der Waals surface area contributed by atoms with Gasteiger partial charge in [0.25, 0.3) is 0 Å². The zero-order valence-corrected chi connectivity index (χ0v) is 16.0. The van der Waals surface area contributed by atoms with Gasteiger partial charge in [-0.15, -0.1) is 0 Å². The van der Waals surface area contributed by atoms with Gasteiger partial charge in [-0.05, 0) is 48.0 Å². The molecular weight excluding hydrogens is 288 g/mol. The van der Waals surface area contributed by atoms with Crippen molar-refractivity contribution in [2.24, 2.45) is 5.92 Å². The lowest BCUT2D eigenvalue weighted by molar-refractivity contribution is 0.439. The van der Waals surface area contributed by atoms with E-state index in [1.165, 1.54) is 16.8 Å². The lowest BCUT2D eigenvalue weighted by Crippen LogP contribution is -2.39. The van der Waals surface area contributed by atoms with Crippen molar-refractivity contribution in [3.05, 3.63) is 29.3 Å². The predicted octanol–water partition coefficient (Wildman–Crippen LogP) is 5.65. The van der Waals surface area contributed by atoms with Gasteiger partial charge in [-0.25, -0.2) is 0 Å². The maximum atomic E-state index is 5.55. The van der Waals surface area contributed by atoms with Gasteiger partial charge in [0.2, 0.25) is 0 Å². The fourth-order valence-electron chi connectivity index (χ4n) is 2.55. The summed E-state index contributed by atoms with van der Waals surface area (Å²) in [6, 6.07) is 6.91. The minimum absolute atomic E-state index is 0.374. The maximum absolute atomic E-state index is 5.55. The van der Waals surface area contributed by atoms with Gasteiger partial charge in [0.05, 0.1) is 0 Å². The SMILES string of the molecule is CCC(C)C(C)NC(=S)Nc1c(C(C)C)cccc1C(C)C. The number of anilines is 1. The Hall–Kier alpha value is -1.09. The molecule has 0 spiro atoms. The van der Waals surface area contributed by atoms with E-state index < -0.39 is 0 Å². The van der Waals surface area contributed by atoms with Crippen LogP contribution in [0.4, 0.5) is 5.69 Å². The minimum atomic E-state index is 0.374. The zero-order chi connectivity index (χ0) is 16.9. The van der Waals surface area contributed by atoms with Gasteiger partial charge < -0.3 is 10.6 Å². The summed E-state index contributed by atoms with van der Waals surface area (Å²) in [6.45, 7) is 15.6. The molecule has 2 nitrogen and oxygen atoms in total. The number of hydrogen-bond acceptors (Lipinski definition) is 1. The first kappa shape index (κ1) is 19.0. The second-order valence-electron chi connectivity index (χ2n) is 6.89. The molecule has 2 atom stereocenters. The molecule has 124 valence electrons. The van der Waals surface area contributed by atoms with Crippen molar-refractivity contribution in [1.82, 2.24) is 5.32 Å². The number of thiocarbonyl (C=S) groups is 1. The molecule has 22 heavy (non-hydrogen) atoms. The molecule has 0 heterocycles. The predicted molar refractivity (Wildman–Crippen MR) is 103 cm³/mol. The van der Waals surface area contributed by atoms with E-state index in [9.17, 15) is 0 Å². The highest BCUT2D eigenvalue weighted by molar-refractivity contribution is 7.80. The molecule has 0 fully saturated rings. The van der Waals surface area contributed by atoms with Crippen LogP contribution in [0.15, 0.2) is 18.2 Å². The number of nitrogens with one attached hydrogen (secondary N) is 2. The lowest BCUT2D eigenvalue weighted by Gasteiger charge is -2.25. The van der Waals surface area contributed by atoms with Crippen molar-refractivity contribution in [3.8, 4) is 0 Å². The first-order valence-corrected chi connectivity index (χ1v) is 8.89. The highest BCUT2D eigenvalue weighted by atomic mass is 32.1. The van der Waals surface area contributed by atoms with Gasteiger partial charge in [0, 0.05) is 11.7 Å². The summed E-state index contributed by atoms with van der Waals surface area (Å²) in [4.78, 5) is 0. The molecule has 0 saturated carbocycles. The molecule has 0 bridgehead atoms. The third kappa shape index (κ3) is 4.98. The third-order valence-corrected chi connectivity index (χ3v) is 4.69. The van der Waals surface area contributed by atoms with E-state index in [-0.39, 0.29) is 0 Å². The van der Waals surface area contributed by atoms with Gasteiger partial charge in [0.1, 0.15) is 0 Å². The molecule has 2 unspecified atom stereocenters. The third-order valence-electron chi connectivity index (χ3n) is 4.47. The quantitative estimate of drug-likeness (QED) is 0.662. The second-order valence-corrected chi connectivity index (χ2v) is 7.30. The average molecular weight is 321 g/mol. The van der Waals surface area contributed by atoms with Gasteiger partial charge in [-0.2, -0.15) is 0 Å². The average Bonchev–Trinajstić information content (AvgIpc) is 2.45. The van der Waals surface area contributed by atoms with Crippen LogP contribution >= 0.6 is 12.2 Å². The highest BCUT2D eigenvalue weighted by Gasteiger charge is 2.16. The van der Waals surface area contributed by atoms with Crippen molar-refractivity contribution >= 4 is 23.0 Å². The number of para-hydroxylation sites is 1. The minimum Gasteiger partial charge on any atom is -0.360 e. The largest absolute Gasteiger partial charge is 0.360 e. The summed E-state index contributed by atoms with van der Waals surface area (Å²) in [5.41, 5.74) is 3.83. The van der Waals surface area contributed by atoms with Gasteiger partial charge in [-0.3, -0.25) is 0 Å². The summed E-state index contributed by atoms with van der Waals surface area (Å²) < 4.78 is 0. The molecule has 0 aliphatic carbocycles. The van der Waals surface area contributed by atoms with E-state index in [1.54, 1.807) is 0 Å². The van der Waals surface area contributed by atoms with Crippen LogP contribution in [0.5, 0.6) is 0 Å². The van der Waals surface area contributed by atoms with Crippen LogP contribution in [0, 0.1) is 5.92 Å². The van der Waals surface area contributed by atoms with E-state index in [0.29, 0.717) is 23.8 Å². The van der Waals surface area contributed by atoms with Crippen molar-refractivity contribution in [3.63, 3.8) is 0 Å². The highest BCUT2D eigenvalue weighted by Crippen LogP contribution is 2.32. The smallest absolute Gasteiger partial charge is 0.171 e. The summed E-state index contributed by atoms with van der Waals surface area (Å²) in [5, 5.41) is 7.63. The van der Waals surface area contributed by atoms with Crippen molar-refractivity contribution in [2.75, 3.05) is 5.32 Å². The van der Waals surface area contributed by atoms with Crippen LogP contribution in [-0.2, 0) is 0 Å². The van der Waals surface area contributed by atoms with Crippen molar-refractivity contribution < 1.29 is 0 Å². The zero-order valence-electron chi connectivity index (χ0n) is 15.2. The fraction of sp³-hybridized carbons (Fsp3) is 0.632. The molecule has 0 aromatic heterocycles. The molecule has 0 radical (unpaired) electrons. The molecule has 0 aliphatic rings. The molecule has 2 N–H and O–H groups in total. The molecule has 0 aliphatic heterocycles. The Bertz CT molecular complexity index is 468. The standard InChI is InChI=1S/C19H32N2S/c1-8-14(6)15(7)20-19(22)21-18-16(12(2)3)10-9-11-17(18)13(4)5/h9-15H,8H2,1-7H3,(H2,20,21,22). The van der Waals surface area contributed by atoms with Gasteiger partial charge in [0.15, 0.2) is 5.11 Å². The Morgan fingerprint density at radius 3 is 1.91 bits per heavy atom. The Kier molecular flexibility index (Phi) is 7.34. The van der Waals surface area contributed by atoms with Crippen LogP contribution in [0.3, 0.4) is 0 Å². The first-order valence-electron chi connectivity index (χ1n) is 8.48. The monoisotopic (exact) mass is 320 g/mol. The van der Waals surface area contributed by atoms with Gasteiger partial charge in [-0.1, -0.05) is 66.2 Å². The Balaban J connectivity index is 2.98. The number of rotatable bonds is 6. The van der Waals surface area contributed by atoms with Crippen LogP contribution in [0.2, 0.25) is 0 Å². The topological polar surface area (TPSA) is 24.1 Å². The lowest BCUT2D eigenvalue weighted by atomic mass is 9.93. The molecular formula is C19H32N2S. The van der Waals surface area contributed by atoms with Crippen LogP contribution in [0.25, 0.3) is 0 Å². The van der Waals surface area contributed by atoms with Crippen LogP contribution in [0.1, 0.15) is 77.8 Å². The van der Waals surface area contributed by atoms with Crippen LogP contribution in [-0.4, -0.2) is 11.2 Å². The molecule has 1 rings (SSSR count).